The smallest absolute Gasteiger partial charge is 0.226 e. The van der Waals surface area contributed by atoms with Gasteiger partial charge in [-0.15, -0.1) is 11.3 Å². The highest BCUT2D eigenvalue weighted by atomic mass is 32.1. The lowest BCUT2D eigenvalue weighted by molar-refractivity contribution is -0.135. The maximum atomic E-state index is 12.5. The predicted octanol–water partition coefficient (Wildman–Crippen LogP) is 3.18. The summed E-state index contributed by atoms with van der Waals surface area (Å²) in [4.78, 5) is 24.9. The zero-order valence-corrected chi connectivity index (χ0v) is 13.9. The van der Waals surface area contributed by atoms with Gasteiger partial charge in [-0.1, -0.05) is 6.07 Å². The summed E-state index contributed by atoms with van der Waals surface area (Å²) in [6.45, 7) is 5.67. The maximum absolute atomic E-state index is 12.5. The Hall–Kier alpha value is -1.75. The zero-order chi connectivity index (χ0) is 15.5. The average molecular weight is 315 g/mol. The van der Waals surface area contributed by atoms with E-state index in [0.717, 1.165) is 48.7 Å². The Labute approximate surface area is 135 Å². The molecule has 1 aliphatic rings. The van der Waals surface area contributed by atoms with Crippen LogP contribution in [0.4, 0.5) is 0 Å². The number of rotatable bonds is 4. The van der Waals surface area contributed by atoms with E-state index in [4.69, 9.17) is 4.98 Å². The largest absolute Gasteiger partial charge is 0.343 e. The summed E-state index contributed by atoms with van der Waals surface area (Å²) >= 11 is 1.69. The Morgan fingerprint density at radius 3 is 2.86 bits per heavy atom. The molecule has 5 heteroatoms. The van der Waals surface area contributed by atoms with Crippen LogP contribution in [0.15, 0.2) is 24.4 Å². The molecule has 1 amide bonds. The van der Waals surface area contributed by atoms with E-state index in [1.807, 2.05) is 36.9 Å². The standard InChI is InChI=1S/C17H21N3OS/c1-3-20(4-2)17(21)12-8-9-13-15(11-12)22-16(19-13)14-7-5-6-10-18-14/h5-7,10,12H,3-4,8-9,11H2,1-2H3. The molecule has 0 bridgehead atoms. The van der Waals surface area contributed by atoms with Gasteiger partial charge in [0.1, 0.15) is 5.01 Å². The molecular formula is C17H21N3OS. The minimum Gasteiger partial charge on any atom is -0.343 e. The molecule has 0 fully saturated rings. The van der Waals surface area contributed by atoms with Crippen LogP contribution in [0.2, 0.25) is 0 Å². The van der Waals surface area contributed by atoms with E-state index < -0.39 is 0 Å². The Balaban J connectivity index is 1.79. The lowest BCUT2D eigenvalue weighted by Crippen LogP contribution is -2.38. The number of fused-ring (bicyclic) bond motifs is 1. The summed E-state index contributed by atoms with van der Waals surface area (Å²) in [5, 5.41) is 0.974. The molecule has 1 atom stereocenters. The normalized spacial score (nSPS) is 17.1. The highest BCUT2D eigenvalue weighted by molar-refractivity contribution is 7.15. The lowest BCUT2D eigenvalue weighted by Gasteiger charge is -2.27. The average Bonchev–Trinajstić information content (AvgIpc) is 2.99. The fraction of sp³-hybridized carbons (Fsp3) is 0.471. The topological polar surface area (TPSA) is 46.1 Å². The van der Waals surface area contributed by atoms with E-state index in [9.17, 15) is 4.79 Å². The number of pyridine rings is 1. The van der Waals surface area contributed by atoms with Gasteiger partial charge < -0.3 is 4.90 Å². The fourth-order valence-corrected chi connectivity index (χ4v) is 4.14. The monoisotopic (exact) mass is 315 g/mol. The van der Waals surface area contributed by atoms with E-state index >= 15 is 0 Å². The van der Waals surface area contributed by atoms with Crippen molar-refractivity contribution >= 4 is 17.2 Å². The van der Waals surface area contributed by atoms with E-state index in [-0.39, 0.29) is 5.92 Å². The van der Waals surface area contributed by atoms with Crippen LogP contribution in [-0.4, -0.2) is 33.9 Å². The van der Waals surface area contributed by atoms with E-state index in [1.165, 1.54) is 4.88 Å². The molecule has 1 unspecified atom stereocenters. The van der Waals surface area contributed by atoms with Gasteiger partial charge in [-0.05, 0) is 45.2 Å². The van der Waals surface area contributed by atoms with Crippen LogP contribution in [-0.2, 0) is 17.6 Å². The van der Waals surface area contributed by atoms with Crippen molar-refractivity contribution in [2.75, 3.05) is 13.1 Å². The van der Waals surface area contributed by atoms with Crippen molar-refractivity contribution < 1.29 is 4.79 Å². The molecule has 0 aliphatic heterocycles. The van der Waals surface area contributed by atoms with Gasteiger partial charge >= 0.3 is 0 Å². The molecular weight excluding hydrogens is 294 g/mol. The van der Waals surface area contributed by atoms with Crippen LogP contribution in [0.25, 0.3) is 10.7 Å². The van der Waals surface area contributed by atoms with Crippen molar-refractivity contribution in [3.63, 3.8) is 0 Å². The first-order chi connectivity index (χ1) is 10.7. The number of thiazole rings is 1. The first-order valence-corrected chi connectivity index (χ1v) is 8.73. The third-order valence-corrected chi connectivity index (χ3v) is 5.39. The van der Waals surface area contributed by atoms with E-state index in [1.54, 1.807) is 17.5 Å². The molecule has 0 N–H and O–H groups in total. The van der Waals surface area contributed by atoms with Gasteiger partial charge in [0, 0.05) is 30.1 Å². The molecule has 1 aliphatic carbocycles. The third-order valence-electron chi connectivity index (χ3n) is 4.25. The van der Waals surface area contributed by atoms with Crippen molar-refractivity contribution in [1.29, 1.82) is 0 Å². The Morgan fingerprint density at radius 1 is 1.36 bits per heavy atom. The minimum absolute atomic E-state index is 0.115. The summed E-state index contributed by atoms with van der Waals surface area (Å²) < 4.78 is 0. The van der Waals surface area contributed by atoms with Gasteiger partial charge in [0.05, 0.1) is 11.4 Å². The maximum Gasteiger partial charge on any atom is 0.226 e. The number of carbonyl (C=O) groups excluding carboxylic acids is 1. The molecule has 0 saturated heterocycles. The molecule has 0 radical (unpaired) electrons. The van der Waals surface area contributed by atoms with Crippen LogP contribution in [0.1, 0.15) is 30.8 Å². The van der Waals surface area contributed by atoms with Crippen molar-refractivity contribution in [2.24, 2.45) is 5.92 Å². The molecule has 0 aromatic carbocycles. The number of hydrogen-bond donors (Lipinski definition) is 0. The highest BCUT2D eigenvalue weighted by Gasteiger charge is 2.29. The first kappa shape index (κ1) is 15.2. The second-order valence-electron chi connectivity index (χ2n) is 5.55. The van der Waals surface area contributed by atoms with Gasteiger partial charge in [0.25, 0.3) is 0 Å². The number of hydrogen-bond acceptors (Lipinski definition) is 4. The van der Waals surface area contributed by atoms with Gasteiger partial charge in [-0.25, -0.2) is 4.98 Å². The van der Waals surface area contributed by atoms with E-state index in [2.05, 4.69) is 4.98 Å². The summed E-state index contributed by atoms with van der Waals surface area (Å²) in [5.41, 5.74) is 2.09. The molecule has 3 rings (SSSR count). The number of amides is 1. The lowest BCUT2D eigenvalue weighted by atomic mass is 9.90. The Kier molecular flexibility index (Phi) is 4.52. The second kappa shape index (κ2) is 6.57. The van der Waals surface area contributed by atoms with Crippen LogP contribution in [0, 0.1) is 5.92 Å². The quantitative estimate of drug-likeness (QED) is 0.870. The second-order valence-corrected chi connectivity index (χ2v) is 6.64. The molecule has 2 heterocycles. The zero-order valence-electron chi connectivity index (χ0n) is 13.1. The molecule has 0 saturated carbocycles. The number of nitrogens with zero attached hydrogens (tertiary/aromatic N) is 3. The van der Waals surface area contributed by atoms with Crippen LogP contribution in [0.3, 0.4) is 0 Å². The third kappa shape index (κ3) is 2.90. The molecule has 116 valence electrons. The van der Waals surface area contributed by atoms with Crippen LogP contribution >= 0.6 is 11.3 Å². The Bertz CT molecular complexity index is 649. The van der Waals surface area contributed by atoms with Crippen molar-refractivity contribution in [3.05, 3.63) is 35.0 Å². The number of carbonyl (C=O) groups is 1. The summed E-state index contributed by atoms with van der Waals surface area (Å²) in [7, 11) is 0. The van der Waals surface area contributed by atoms with Gasteiger partial charge in [-0.3, -0.25) is 9.78 Å². The van der Waals surface area contributed by atoms with Gasteiger partial charge in [0.2, 0.25) is 5.91 Å². The highest BCUT2D eigenvalue weighted by Crippen LogP contribution is 2.34. The van der Waals surface area contributed by atoms with Gasteiger partial charge in [0.15, 0.2) is 0 Å². The van der Waals surface area contributed by atoms with Crippen molar-refractivity contribution in [2.45, 2.75) is 33.1 Å². The fourth-order valence-electron chi connectivity index (χ4n) is 2.98. The van der Waals surface area contributed by atoms with Crippen molar-refractivity contribution in [3.8, 4) is 10.7 Å². The SMILES string of the molecule is CCN(CC)C(=O)C1CCc2nc(-c3ccccn3)sc2C1. The molecule has 0 spiro atoms. The Morgan fingerprint density at radius 2 is 2.18 bits per heavy atom. The van der Waals surface area contributed by atoms with Crippen LogP contribution in [0.5, 0.6) is 0 Å². The molecule has 2 aromatic rings. The predicted molar refractivity (Wildman–Crippen MR) is 88.8 cm³/mol. The summed E-state index contributed by atoms with van der Waals surface area (Å²) in [5.74, 6) is 0.410. The molecule has 2 aromatic heterocycles. The number of aromatic nitrogens is 2. The van der Waals surface area contributed by atoms with Crippen molar-refractivity contribution in [1.82, 2.24) is 14.9 Å². The van der Waals surface area contributed by atoms with E-state index in [0.29, 0.717) is 5.91 Å². The number of aryl methyl sites for hydroxylation is 1. The summed E-state index contributed by atoms with van der Waals surface area (Å²) in [6, 6.07) is 5.88. The molecule has 22 heavy (non-hydrogen) atoms. The molecule has 4 nitrogen and oxygen atoms in total. The summed E-state index contributed by atoms with van der Waals surface area (Å²) in [6.07, 6.45) is 4.43. The van der Waals surface area contributed by atoms with Gasteiger partial charge in [-0.2, -0.15) is 0 Å². The minimum atomic E-state index is 0.115. The van der Waals surface area contributed by atoms with Crippen LogP contribution < -0.4 is 0 Å². The first-order valence-electron chi connectivity index (χ1n) is 7.91.